The Bertz CT molecular complexity index is 1290. The number of hydrogen-bond acceptors (Lipinski definition) is 7. The summed E-state index contributed by atoms with van der Waals surface area (Å²) in [4.78, 5) is 53.1. The van der Waals surface area contributed by atoms with Crippen LogP contribution in [0.4, 0.5) is 0 Å². The molecule has 4 unspecified atom stereocenters. The van der Waals surface area contributed by atoms with Crippen LogP contribution in [0.25, 0.3) is 10.9 Å². The highest BCUT2D eigenvalue weighted by atomic mass is 16.4. The number of nitrogens with one attached hydrogen (secondary N) is 4. The van der Waals surface area contributed by atoms with Gasteiger partial charge >= 0.3 is 5.97 Å². The lowest BCUT2D eigenvalue weighted by Crippen LogP contribution is -2.57. The first kappa shape index (κ1) is 28.2. The summed E-state index contributed by atoms with van der Waals surface area (Å²) in [5.74, 6) is -3.43. The maximum absolute atomic E-state index is 13.2. The van der Waals surface area contributed by atoms with Gasteiger partial charge in [0.2, 0.25) is 17.7 Å². The minimum atomic E-state index is -1.28. The van der Waals surface area contributed by atoms with Crippen LogP contribution in [0.2, 0.25) is 0 Å². The van der Waals surface area contributed by atoms with E-state index in [9.17, 15) is 34.5 Å². The van der Waals surface area contributed by atoms with Crippen LogP contribution in [0.1, 0.15) is 18.1 Å². The van der Waals surface area contributed by atoms with E-state index >= 15 is 0 Å². The molecule has 0 aliphatic heterocycles. The summed E-state index contributed by atoms with van der Waals surface area (Å²) in [5, 5.41) is 36.5. The average Bonchev–Trinajstić information content (AvgIpc) is 3.31. The highest BCUT2D eigenvalue weighted by Gasteiger charge is 2.29. The van der Waals surface area contributed by atoms with Gasteiger partial charge in [-0.15, -0.1) is 0 Å². The van der Waals surface area contributed by atoms with Crippen molar-refractivity contribution >= 4 is 34.6 Å². The molecule has 3 aromatic rings. The van der Waals surface area contributed by atoms with Gasteiger partial charge in [0, 0.05) is 29.9 Å². The molecule has 1 heterocycles. The number of nitrogens with two attached hydrogens (primary N) is 1. The number of hydrogen-bond donors (Lipinski definition) is 8. The highest BCUT2D eigenvalue weighted by Crippen LogP contribution is 2.19. The molecule has 0 aliphatic carbocycles. The number of carboxylic acids is 1. The lowest BCUT2D eigenvalue weighted by Gasteiger charge is -2.23. The van der Waals surface area contributed by atoms with Crippen molar-refractivity contribution in [2.45, 2.75) is 43.9 Å². The number of para-hydroxylation sites is 1. The van der Waals surface area contributed by atoms with Crippen LogP contribution in [-0.2, 0) is 32.0 Å². The van der Waals surface area contributed by atoms with Crippen molar-refractivity contribution in [3.63, 3.8) is 0 Å². The molecule has 0 aliphatic rings. The molecule has 0 bridgehead atoms. The fourth-order valence-electron chi connectivity index (χ4n) is 3.84. The minimum Gasteiger partial charge on any atom is -0.508 e. The second-order valence-electron chi connectivity index (χ2n) is 8.91. The average molecular weight is 526 g/mol. The quantitative estimate of drug-likeness (QED) is 0.155. The van der Waals surface area contributed by atoms with Crippen molar-refractivity contribution in [2.24, 2.45) is 5.73 Å². The normalized spacial score (nSPS) is 14.2. The molecule has 12 heteroatoms. The summed E-state index contributed by atoms with van der Waals surface area (Å²) in [7, 11) is 0. The van der Waals surface area contributed by atoms with E-state index in [1.54, 1.807) is 6.20 Å². The number of carbonyl (C=O) groups is 4. The monoisotopic (exact) mass is 525 g/mol. The van der Waals surface area contributed by atoms with Gasteiger partial charge in [-0.2, -0.15) is 0 Å². The van der Waals surface area contributed by atoms with Crippen LogP contribution >= 0.6 is 0 Å². The third-order valence-corrected chi connectivity index (χ3v) is 6.01. The first-order chi connectivity index (χ1) is 18.1. The standard InChI is InChI=1S/C26H31N5O7/c1-14(23(34)31-22(26(37)38)10-15-6-8-17(33)9-7-15)29-25(36)21(30-24(35)19(27)13-32)11-16-12-28-20-5-3-2-4-18(16)20/h2-9,12,14,19,21-22,28,32-33H,10-11,13,27H2,1H3,(H,29,36)(H,30,35)(H,31,34)(H,37,38). The number of aliphatic hydroxyl groups excluding tert-OH is 1. The van der Waals surface area contributed by atoms with Gasteiger partial charge in [0.25, 0.3) is 0 Å². The van der Waals surface area contributed by atoms with Gasteiger partial charge in [0.05, 0.1) is 6.61 Å². The SMILES string of the molecule is CC(NC(=O)C(Cc1c[nH]c2ccccc12)NC(=O)C(N)CO)C(=O)NC(Cc1ccc(O)cc1)C(=O)O. The molecule has 0 radical (unpaired) electrons. The van der Waals surface area contributed by atoms with Gasteiger partial charge in [0.1, 0.15) is 29.9 Å². The molecule has 1 aromatic heterocycles. The molecular formula is C26H31N5O7. The molecule has 0 spiro atoms. The fraction of sp³-hybridized carbons (Fsp3) is 0.308. The van der Waals surface area contributed by atoms with E-state index in [2.05, 4.69) is 20.9 Å². The summed E-state index contributed by atoms with van der Waals surface area (Å²) < 4.78 is 0. The molecule has 3 rings (SSSR count). The zero-order valence-corrected chi connectivity index (χ0v) is 20.7. The second kappa shape index (κ2) is 12.7. The van der Waals surface area contributed by atoms with Crippen LogP contribution in [-0.4, -0.2) is 74.8 Å². The lowest BCUT2D eigenvalue weighted by atomic mass is 10.0. The molecule has 4 atom stereocenters. The number of aliphatic carboxylic acids is 1. The van der Waals surface area contributed by atoms with E-state index in [0.29, 0.717) is 5.56 Å². The number of phenolic OH excluding ortho intramolecular Hbond substituents is 1. The maximum Gasteiger partial charge on any atom is 0.326 e. The third-order valence-electron chi connectivity index (χ3n) is 6.01. The molecule has 3 amide bonds. The number of fused-ring (bicyclic) bond motifs is 1. The Balaban J connectivity index is 1.70. The zero-order chi connectivity index (χ0) is 27.8. The molecule has 0 saturated carbocycles. The van der Waals surface area contributed by atoms with Gasteiger partial charge in [-0.25, -0.2) is 4.79 Å². The Labute approximate surface area is 218 Å². The Morgan fingerprint density at radius 2 is 1.55 bits per heavy atom. The van der Waals surface area contributed by atoms with Crippen LogP contribution in [0.15, 0.2) is 54.7 Å². The van der Waals surface area contributed by atoms with Crippen molar-refractivity contribution in [1.29, 1.82) is 0 Å². The van der Waals surface area contributed by atoms with E-state index in [1.165, 1.54) is 31.2 Å². The Morgan fingerprint density at radius 1 is 0.895 bits per heavy atom. The predicted molar refractivity (Wildman–Crippen MR) is 138 cm³/mol. The number of aromatic hydroxyl groups is 1. The molecule has 2 aromatic carbocycles. The Morgan fingerprint density at radius 3 is 2.21 bits per heavy atom. The van der Waals surface area contributed by atoms with E-state index in [-0.39, 0.29) is 18.6 Å². The lowest BCUT2D eigenvalue weighted by molar-refractivity contribution is -0.142. The second-order valence-corrected chi connectivity index (χ2v) is 8.91. The summed E-state index contributed by atoms with van der Waals surface area (Å²) in [5.41, 5.74) is 7.74. The third kappa shape index (κ3) is 7.31. The van der Waals surface area contributed by atoms with Crippen LogP contribution < -0.4 is 21.7 Å². The van der Waals surface area contributed by atoms with Crippen molar-refractivity contribution in [3.05, 3.63) is 65.9 Å². The maximum atomic E-state index is 13.2. The van der Waals surface area contributed by atoms with Crippen molar-refractivity contribution in [1.82, 2.24) is 20.9 Å². The smallest absolute Gasteiger partial charge is 0.326 e. The molecule has 9 N–H and O–H groups in total. The highest BCUT2D eigenvalue weighted by molar-refractivity contribution is 5.94. The molecule has 12 nitrogen and oxygen atoms in total. The van der Waals surface area contributed by atoms with Crippen molar-refractivity contribution in [3.8, 4) is 5.75 Å². The van der Waals surface area contributed by atoms with Gasteiger partial charge in [-0.1, -0.05) is 30.3 Å². The number of H-pyrrole nitrogens is 1. The number of benzene rings is 2. The molecule has 0 fully saturated rings. The fourth-order valence-corrected chi connectivity index (χ4v) is 3.84. The Kier molecular flexibility index (Phi) is 9.41. The largest absolute Gasteiger partial charge is 0.508 e. The number of carboxylic acid groups (broad SMARTS) is 1. The number of carbonyl (C=O) groups excluding carboxylic acids is 3. The number of aliphatic hydroxyl groups is 1. The first-order valence-corrected chi connectivity index (χ1v) is 11.9. The molecular weight excluding hydrogens is 494 g/mol. The van der Waals surface area contributed by atoms with E-state index < -0.39 is 54.5 Å². The van der Waals surface area contributed by atoms with Gasteiger partial charge in [0.15, 0.2) is 0 Å². The van der Waals surface area contributed by atoms with Crippen molar-refractivity contribution in [2.75, 3.05) is 6.61 Å². The van der Waals surface area contributed by atoms with Gasteiger partial charge in [-0.05, 0) is 36.2 Å². The number of amides is 3. The zero-order valence-electron chi connectivity index (χ0n) is 20.7. The van der Waals surface area contributed by atoms with Crippen LogP contribution in [0.3, 0.4) is 0 Å². The predicted octanol–water partition coefficient (Wildman–Crippen LogP) is -0.463. The minimum absolute atomic E-state index is 0.0234. The van der Waals surface area contributed by atoms with Crippen LogP contribution in [0, 0.1) is 0 Å². The van der Waals surface area contributed by atoms with Gasteiger partial charge < -0.3 is 42.0 Å². The number of aromatic amines is 1. The summed E-state index contributed by atoms with van der Waals surface area (Å²) >= 11 is 0. The molecule has 202 valence electrons. The first-order valence-electron chi connectivity index (χ1n) is 11.9. The number of aromatic nitrogens is 1. The summed E-state index contributed by atoms with van der Waals surface area (Å²) in [6, 6.07) is 8.48. The van der Waals surface area contributed by atoms with E-state index in [4.69, 9.17) is 5.73 Å². The number of rotatable bonds is 12. The topological polar surface area (TPSA) is 207 Å². The van der Waals surface area contributed by atoms with E-state index in [1.807, 2.05) is 24.3 Å². The Hall–Kier alpha value is -4.42. The van der Waals surface area contributed by atoms with Crippen LogP contribution in [0.5, 0.6) is 5.75 Å². The van der Waals surface area contributed by atoms with Gasteiger partial charge in [-0.3, -0.25) is 14.4 Å². The molecule has 38 heavy (non-hydrogen) atoms. The summed E-state index contributed by atoms with van der Waals surface area (Å²) in [6.45, 7) is 0.764. The number of phenols is 1. The van der Waals surface area contributed by atoms with Crippen molar-refractivity contribution < 1.29 is 34.5 Å². The molecule has 0 saturated heterocycles. The summed E-state index contributed by atoms with van der Waals surface area (Å²) in [6.07, 6.45) is 1.73. The van der Waals surface area contributed by atoms with E-state index in [0.717, 1.165) is 16.5 Å².